The van der Waals surface area contributed by atoms with Crippen LogP contribution in [0.25, 0.3) is 27.4 Å². The van der Waals surface area contributed by atoms with Crippen LogP contribution < -0.4 is 9.47 Å². The van der Waals surface area contributed by atoms with Crippen molar-refractivity contribution in [1.82, 2.24) is 0 Å². The Morgan fingerprint density at radius 3 is 2.22 bits per heavy atom. The van der Waals surface area contributed by atoms with E-state index in [1.807, 2.05) is 60.7 Å². The Balaban J connectivity index is 1.56. The van der Waals surface area contributed by atoms with Crippen molar-refractivity contribution in [2.75, 3.05) is 11.4 Å². The molecule has 12 heteroatoms. The third-order valence-electron chi connectivity index (χ3n) is 7.26. The van der Waals surface area contributed by atoms with E-state index in [0.717, 1.165) is 42.0 Å². The number of hydrogen-bond donors (Lipinski definition) is 2. The molecule has 3 aromatic carbocycles. The summed E-state index contributed by atoms with van der Waals surface area (Å²) in [4.78, 5) is 3.12. The first kappa shape index (κ1) is 29.7. The highest BCUT2D eigenvalue weighted by Gasteiger charge is 2.30. The molecule has 1 aliphatic rings. The summed E-state index contributed by atoms with van der Waals surface area (Å²) in [5, 5.41) is -0.0311. The van der Waals surface area contributed by atoms with Gasteiger partial charge in [0, 0.05) is 23.9 Å². The normalized spacial score (nSPS) is 16.3. The number of nitrogens with zero attached hydrogens (tertiary/aromatic N) is 2. The molecular weight excluding hydrogens is 601 g/mol. The van der Waals surface area contributed by atoms with E-state index in [4.69, 9.17) is 0 Å². The molecule has 0 radical (unpaired) electrons. The quantitative estimate of drug-likeness (QED) is 0.159. The van der Waals surface area contributed by atoms with Crippen LogP contribution in [0.1, 0.15) is 31.7 Å². The zero-order valence-corrected chi connectivity index (χ0v) is 25.8. The van der Waals surface area contributed by atoms with Crippen molar-refractivity contribution in [2.24, 2.45) is 0 Å². The third kappa shape index (κ3) is 6.68. The molecule has 5 rings (SSSR count). The zero-order chi connectivity index (χ0) is 29.4. The minimum Gasteiger partial charge on any atom is -0.335 e. The molecule has 0 bridgehead atoms. The van der Waals surface area contributed by atoms with Crippen molar-refractivity contribution >= 4 is 65.3 Å². The van der Waals surface area contributed by atoms with Gasteiger partial charge in [-0.25, -0.2) is 0 Å². The van der Waals surface area contributed by atoms with Crippen LogP contribution in [0.3, 0.4) is 0 Å². The minimum atomic E-state index is -4.18. The van der Waals surface area contributed by atoms with Crippen molar-refractivity contribution in [2.45, 2.75) is 48.6 Å². The number of aryl methyl sites for hydroxylation is 1. The topological polar surface area (TPSA) is 116 Å². The van der Waals surface area contributed by atoms with E-state index in [-0.39, 0.29) is 12.8 Å². The van der Waals surface area contributed by atoms with Gasteiger partial charge in [0.25, 0.3) is 25.2 Å². The molecule has 2 unspecified atom stereocenters. The molecule has 2 N–H and O–H groups in total. The second kappa shape index (κ2) is 11.9. The Bertz CT molecular complexity index is 1820. The molecule has 41 heavy (non-hydrogen) atoms. The Hall–Kier alpha value is -2.74. The van der Waals surface area contributed by atoms with Gasteiger partial charge in [-0.2, -0.15) is 21.4 Å². The van der Waals surface area contributed by atoms with Gasteiger partial charge in [-0.05, 0) is 49.6 Å². The zero-order valence-electron chi connectivity index (χ0n) is 22.5. The standard InChI is InChI=1S/C29H30N2O6S4/c1-20(40(32,33)34)14-16-30-24-10-6-7-11-26(24)38-28(30)19-29-31(17-15-21(2)41(35,36)37)25-18-23(12-13-27(25)39-29)22-8-4-3-5-9-22/h3-13,18-21H,14-17H2,1-2H3,(H-,32,33,34,35,36,37)/p+1. The number of fused-ring (bicyclic) bond motifs is 2. The van der Waals surface area contributed by atoms with E-state index in [1.54, 1.807) is 23.1 Å². The van der Waals surface area contributed by atoms with Gasteiger partial charge in [-0.15, -0.1) is 0 Å². The highest BCUT2D eigenvalue weighted by atomic mass is 32.2. The lowest BCUT2D eigenvalue weighted by Crippen LogP contribution is -2.37. The molecule has 216 valence electrons. The molecule has 0 aliphatic carbocycles. The van der Waals surface area contributed by atoms with E-state index in [9.17, 15) is 25.9 Å². The Morgan fingerprint density at radius 1 is 0.854 bits per heavy atom. The lowest BCUT2D eigenvalue weighted by atomic mass is 10.0. The number of thioether (sulfide) groups is 1. The summed E-state index contributed by atoms with van der Waals surface area (Å²) in [6, 6.07) is 24.1. The number of para-hydroxylation sites is 1. The minimum absolute atomic E-state index is 0.226. The second-order valence-corrected chi connectivity index (χ2v) is 15.9. The summed E-state index contributed by atoms with van der Waals surface area (Å²) < 4.78 is 69.2. The second-order valence-electron chi connectivity index (χ2n) is 10.1. The summed E-state index contributed by atoms with van der Waals surface area (Å²) in [5.74, 6) is 0. The highest BCUT2D eigenvalue weighted by Crippen LogP contribution is 2.48. The lowest BCUT2D eigenvalue weighted by molar-refractivity contribution is -0.669. The van der Waals surface area contributed by atoms with Crippen LogP contribution in [0.5, 0.6) is 0 Å². The van der Waals surface area contributed by atoms with E-state index in [1.165, 1.54) is 13.8 Å². The van der Waals surface area contributed by atoms with Crippen LogP contribution in [0.4, 0.5) is 5.69 Å². The number of benzene rings is 3. The fourth-order valence-electron chi connectivity index (χ4n) is 4.67. The van der Waals surface area contributed by atoms with Crippen molar-refractivity contribution < 1.29 is 30.5 Å². The van der Waals surface area contributed by atoms with Gasteiger partial charge in [0.1, 0.15) is 4.70 Å². The lowest BCUT2D eigenvalue weighted by Gasteiger charge is -2.22. The van der Waals surface area contributed by atoms with Crippen LogP contribution in [0, 0.1) is 0 Å². The first-order valence-corrected chi connectivity index (χ1v) is 17.8. The molecule has 2 atom stereocenters. The van der Waals surface area contributed by atoms with Gasteiger partial charge >= 0.3 is 0 Å². The molecule has 8 nitrogen and oxygen atoms in total. The summed E-state index contributed by atoms with van der Waals surface area (Å²) >= 11 is 3.16. The maximum atomic E-state index is 11.8. The van der Waals surface area contributed by atoms with E-state index in [2.05, 4.69) is 27.7 Å². The molecule has 0 saturated heterocycles. The highest BCUT2D eigenvalue weighted by molar-refractivity contribution is 8.04. The number of anilines is 1. The van der Waals surface area contributed by atoms with Crippen LogP contribution in [0.2, 0.25) is 0 Å². The Kier molecular flexibility index (Phi) is 8.61. The first-order chi connectivity index (χ1) is 19.4. The summed E-state index contributed by atoms with van der Waals surface area (Å²) in [6.45, 7) is 3.75. The van der Waals surface area contributed by atoms with Crippen LogP contribution in [0.15, 0.2) is 82.7 Å². The smallest absolute Gasteiger partial charge is 0.267 e. The van der Waals surface area contributed by atoms with Crippen LogP contribution in [-0.4, -0.2) is 43.0 Å². The number of hydrogen-bond acceptors (Lipinski definition) is 7. The van der Waals surface area contributed by atoms with Gasteiger partial charge in [0.15, 0.2) is 6.54 Å². The SMILES string of the molecule is CC(CCN1C(=Cc2sc3ccccc3[n+]2CCC(C)S(=O)(=O)O)Sc2ccc(-c3ccccc3)cc21)S(=O)(=O)O. The molecular formula is C29H31N2O6S4+. The van der Waals surface area contributed by atoms with Gasteiger partial charge in [-0.3, -0.25) is 9.11 Å². The van der Waals surface area contributed by atoms with Crippen LogP contribution >= 0.6 is 23.1 Å². The Labute approximate surface area is 248 Å². The van der Waals surface area contributed by atoms with Gasteiger partial charge in [-0.1, -0.05) is 71.6 Å². The number of thiazole rings is 1. The fourth-order valence-corrected chi connectivity index (χ4v) is 7.78. The summed E-state index contributed by atoms with van der Waals surface area (Å²) in [5.41, 5.74) is 4.03. The average Bonchev–Trinajstić information content (AvgIpc) is 3.46. The molecule has 1 aromatic heterocycles. The maximum Gasteiger partial charge on any atom is 0.267 e. The van der Waals surface area contributed by atoms with E-state index in [0.29, 0.717) is 13.1 Å². The van der Waals surface area contributed by atoms with Gasteiger partial charge in [0.05, 0.1) is 27.3 Å². The van der Waals surface area contributed by atoms with Crippen LogP contribution in [-0.2, 0) is 26.8 Å². The maximum absolute atomic E-state index is 11.8. The monoisotopic (exact) mass is 631 g/mol. The van der Waals surface area contributed by atoms with E-state index < -0.39 is 30.7 Å². The predicted molar refractivity (Wildman–Crippen MR) is 166 cm³/mol. The molecule has 0 fully saturated rings. The van der Waals surface area contributed by atoms with E-state index >= 15 is 0 Å². The fraction of sp³-hybridized carbons (Fsp3) is 0.276. The molecule has 0 saturated carbocycles. The van der Waals surface area contributed by atoms with Crippen molar-refractivity contribution in [3.8, 4) is 11.1 Å². The largest absolute Gasteiger partial charge is 0.335 e. The van der Waals surface area contributed by atoms with Crippen molar-refractivity contribution in [1.29, 1.82) is 0 Å². The molecule has 2 heterocycles. The molecule has 4 aromatic rings. The predicted octanol–water partition coefficient (Wildman–Crippen LogP) is 6.10. The molecule has 0 spiro atoms. The van der Waals surface area contributed by atoms with Gasteiger partial charge < -0.3 is 4.90 Å². The number of aromatic nitrogens is 1. The first-order valence-electron chi connectivity index (χ1n) is 13.1. The summed E-state index contributed by atoms with van der Waals surface area (Å²) in [7, 11) is -8.33. The summed E-state index contributed by atoms with van der Waals surface area (Å²) in [6.07, 6.45) is 2.52. The average molecular weight is 632 g/mol. The van der Waals surface area contributed by atoms with Crippen molar-refractivity contribution in [3.63, 3.8) is 0 Å². The van der Waals surface area contributed by atoms with Crippen molar-refractivity contribution in [3.05, 3.63) is 82.8 Å². The molecule has 1 aliphatic heterocycles. The third-order valence-corrected chi connectivity index (χ3v) is 12.0. The van der Waals surface area contributed by atoms with Gasteiger partial charge in [0.2, 0.25) is 5.52 Å². The molecule has 0 amide bonds. The Morgan fingerprint density at radius 2 is 1.51 bits per heavy atom. The number of rotatable bonds is 10.